The first-order valence-corrected chi connectivity index (χ1v) is 5.71. The van der Waals surface area contributed by atoms with Crippen LogP contribution in [0.25, 0.3) is 11.1 Å². The Hall–Kier alpha value is -1.90. The van der Waals surface area contributed by atoms with Gasteiger partial charge < -0.3 is 5.11 Å². The van der Waals surface area contributed by atoms with Crippen LogP contribution in [0.15, 0.2) is 30.5 Å². The van der Waals surface area contributed by atoms with Gasteiger partial charge in [-0.25, -0.2) is 9.97 Å². The second kappa shape index (κ2) is 4.53. The summed E-state index contributed by atoms with van der Waals surface area (Å²) in [5.74, 6) is 1.44. The number of aryl methyl sites for hydroxylation is 1. The third-order valence-corrected chi connectivity index (χ3v) is 2.67. The maximum absolute atomic E-state index is 9.47. The quantitative estimate of drug-likeness (QED) is 0.858. The molecular formula is C14H16N2O. The number of phenols is 1. The molecule has 0 aliphatic heterocycles. The standard InChI is InChI=1S/C14H16N2O/c1-9(2)14-15-8-13(10(3)16-14)11-5-4-6-12(17)7-11/h4-9,17H,1-3H3. The molecule has 88 valence electrons. The summed E-state index contributed by atoms with van der Waals surface area (Å²) in [5.41, 5.74) is 2.84. The van der Waals surface area contributed by atoms with Gasteiger partial charge in [0.05, 0.1) is 0 Å². The zero-order valence-corrected chi connectivity index (χ0v) is 10.3. The second-order valence-electron chi connectivity index (χ2n) is 4.43. The molecule has 1 N–H and O–H groups in total. The van der Waals surface area contributed by atoms with Crippen molar-refractivity contribution in [3.8, 4) is 16.9 Å². The predicted octanol–water partition coefficient (Wildman–Crippen LogP) is 3.28. The third-order valence-electron chi connectivity index (χ3n) is 2.67. The van der Waals surface area contributed by atoms with Crippen LogP contribution in [-0.2, 0) is 0 Å². The Morgan fingerprint density at radius 3 is 2.59 bits per heavy atom. The van der Waals surface area contributed by atoms with E-state index in [0.29, 0.717) is 5.92 Å². The van der Waals surface area contributed by atoms with Gasteiger partial charge in [-0.05, 0) is 24.6 Å². The number of hydrogen-bond acceptors (Lipinski definition) is 3. The zero-order valence-electron chi connectivity index (χ0n) is 10.3. The minimum atomic E-state index is 0.259. The van der Waals surface area contributed by atoms with E-state index in [2.05, 4.69) is 23.8 Å². The number of aromatic nitrogens is 2. The van der Waals surface area contributed by atoms with E-state index < -0.39 is 0 Å². The van der Waals surface area contributed by atoms with Crippen LogP contribution < -0.4 is 0 Å². The Morgan fingerprint density at radius 2 is 2.00 bits per heavy atom. The van der Waals surface area contributed by atoms with Crippen LogP contribution in [-0.4, -0.2) is 15.1 Å². The van der Waals surface area contributed by atoms with Gasteiger partial charge in [0, 0.05) is 23.4 Å². The lowest BCUT2D eigenvalue weighted by molar-refractivity contribution is 0.475. The number of phenolic OH excluding ortho intramolecular Hbond substituents is 1. The van der Waals surface area contributed by atoms with Crippen LogP contribution in [0, 0.1) is 6.92 Å². The summed E-state index contributed by atoms with van der Waals surface area (Å²) >= 11 is 0. The molecular weight excluding hydrogens is 212 g/mol. The highest BCUT2D eigenvalue weighted by Crippen LogP contribution is 2.25. The first kappa shape index (κ1) is 11.6. The molecule has 0 spiro atoms. The Bertz CT molecular complexity index is 535. The van der Waals surface area contributed by atoms with E-state index in [4.69, 9.17) is 0 Å². The fraction of sp³-hybridized carbons (Fsp3) is 0.286. The van der Waals surface area contributed by atoms with Gasteiger partial charge in [-0.1, -0.05) is 26.0 Å². The molecule has 0 fully saturated rings. The van der Waals surface area contributed by atoms with Crippen LogP contribution in [0.2, 0.25) is 0 Å². The molecule has 1 heterocycles. The first-order chi connectivity index (χ1) is 8.08. The molecule has 3 nitrogen and oxygen atoms in total. The lowest BCUT2D eigenvalue weighted by Gasteiger charge is -2.09. The topological polar surface area (TPSA) is 46.0 Å². The maximum Gasteiger partial charge on any atom is 0.131 e. The summed E-state index contributed by atoms with van der Waals surface area (Å²) in [6, 6.07) is 7.14. The summed E-state index contributed by atoms with van der Waals surface area (Å²) in [5, 5.41) is 9.47. The van der Waals surface area contributed by atoms with Crippen LogP contribution in [0.5, 0.6) is 5.75 Å². The van der Waals surface area contributed by atoms with E-state index in [0.717, 1.165) is 22.6 Å². The first-order valence-electron chi connectivity index (χ1n) is 5.71. The van der Waals surface area contributed by atoms with Gasteiger partial charge >= 0.3 is 0 Å². The molecule has 2 aromatic rings. The van der Waals surface area contributed by atoms with Crippen molar-refractivity contribution in [1.29, 1.82) is 0 Å². The van der Waals surface area contributed by atoms with E-state index >= 15 is 0 Å². The highest BCUT2D eigenvalue weighted by atomic mass is 16.3. The monoisotopic (exact) mass is 228 g/mol. The zero-order chi connectivity index (χ0) is 12.4. The highest BCUT2D eigenvalue weighted by Gasteiger charge is 2.08. The molecule has 0 aliphatic rings. The average Bonchev–Trinajstić information content (AvgIpc) is 2.28. The molecule has 0 saturated heterocycles. The van der Waals surface area contributed by atoms with E-state index in [1.54, 1.807) is 12.1 Å². The van der Waals surface area contributed by atoms with Crippen molar-refractivity contribution in [2.45, 2.75) is 26.7 Å². The van der Waals surface area contributed by atoms with Crippen molar-refractivity contribution >= 4 is 0 Å². The minimum Gasteiger partial charge on any atom is -0.508 e. The van der Waals surface area contributed by atoms with Crippen molar-refractivity contribution in [3.63, 3.8) is 0 Å². The van der Waals surface area contributed by atoms with Crippen molar-refractivity contribution in [2.24, 2.45) is 0 Å². The van der Waals surface area contributed by atoms with E-state index in [1.807, 2.05) is 25.3 Å². The number of benzene rings is 1. The van der Waals surface area contributed by atoms with Crippen molar-refractivity contribution in [2.75, 3.05) is 0 Å². The van der Waals surface area contributed by atoms with Crippen molar-refractivity contribution < 1.29 is 5.11 Å². The van der Waals surface area contributed by atoms with Gasteiger partial charge in [-0.2, -0.15) is 0 Å². The molecule has 0 saturated carbocycles. The molecule has 3 heteroatoms. The van der Waals surface area contributed by atoms with E-state index in [1.165, 1.54) is 0 Å². The molecule has 0 atom stereocenters. The molecule has 1 aromatic carbocycles. The molecule has 17 heavy (non-hydrogen) atoms. The van der Waals surface area contributed by atoms with Gasteiger partial charge in [-0.15, -0.1) is 0 Å². The largest absolute Gasteiger partial charge is 0.508 e. The molecule has 0 radical (unpaired) electrons. The van der Waals surface area contributed by atoms with Crippen LogP contribution >= 0.6 is 0 Å². The van der Waals surface area contributed by atoms with Crippen molar-refractivity contribution in [3.05, 3.63) is 42.0 Å². The minimum absolute atomic E-state index is 0.259. The Labute approximate surface area is 101 Å². The van der Waals surface area contributed by atoms with Gasteiger partial charge in [0.15, 0.2) is 0 Å². The molecule has 1 aromatic heterocycles. The highest BCUT2D eigenvalue weighted by molar-refractivity contribution is 5.66. The lowest BCUT2D eigenvalue weighted by Crippen LogP contribution is -2.00. The molecule has 0 aliphatic carbocycles. The lowest BCUT2D eigenvalue weighted by atomic mass is 10.1. The van der Waals surface area contributed by atoms with Gasteiger partial charge in [0.25, 0.3) is 0 Å². The summed E-state index contributed by atoms with van der Waals surface area (Å²) in [6.45, 7) is 6.11. The normalized spacial score (nSPS) is 10.8. The average molecular weight is 228 g/mol. The van der Waals surface area contributed by atoms with Gasteiger partial charge in [0.1, 0.15) is 11.6 Å². The third kappa shape index (κ3) is 2.44. The predicted molar refractivity (Wildman–Crippen MR) is 68.0 cm³/mol. The van der Waals surface area contributed by atoms with Gasteiger partial charge in [-0.3, -0.25) is 0 Å². The molecule has 0 amide bonds. The number of aromatic hydroxyl groups is 1. The SMILES string of the molecule is Cc1nc(C(C)C)ncc1-c1cccc(O)c1. The van der Waals surface area contributed by atoms with Crippen LogP contribution in [0.1, 0.15) is 31.3 Å². The van der Waals surface area contributed by atoms with E-state index in [-0.39, 0.29) is 5.75 Å². The van der Waals surface area contributed by atoms with Crippen LogP contribution in [0.4, 0.5) is 0 Å². The number of hydrogen-bond donors (Lipinski definition) is 1. The summed E-state index contributed by atoms with van der Waals surface area (Å²) < 4.78 is 0. The van der Waals surface area contributed by atoms with Crippen molar-refractivity contribution in [1.82, 2.24) is 9.97 Å². The van der Waals surface area contributed by atoms with Gasteiger partial charge in [0.2, 0.25) is 0 Å². The number of rotatable bonds is 2. The summed E-state index contributed by atoms with van der Waals surface area (Å²) in [4.78, 5) is 8.84. The second-order valence-corrected chi connectivity index (χ2v) is 4.43. The molecule has 2 rings (SSSR count). The maximum atomic E-state index is 9.47. The van der Waals surface area contributed by atoms with E-state index in [9.17, 15) is 5.11 Å². The summed E-state index contributed by atoms with van der Waals surface area (Å²) in [6.07, 6.45) is 1.83. The molecule has 0 unspecified atom stereocenters. The fourth-order valence-electron chi connectivity index (χ4n) is 1.72. The Kier molecular flexibility index (Phi) is 3.09. The van der Waals surface area contributed by atoms with Crippen LogP contribution in [0.3, 0.4) is 0 Å². The summed E-state index contributed by atoms with van der Waals surface area (Å²) in [7, 11) is 0. The fourth-order valence-corrected chi connectivity index (χ4v) is 1.72. The Morgan fingerprint density at radius 1 is 1.24 bits per heavy atom. The molecule has 0 bridgehead atoms. The Balaban J connectivity index is 2.47. The number of nitrogens with zero attached hydrogens (tertiary/aromatic N) is 2. The smallest absolute Gasteiger partial charge is 0.131 e.